The highest BCUT2D eigenvalue weighted by Gasteiger charge is 2.18. The molecule has 0 heterocycles. The Morgan fingerprint density at radius 1 is 1.33 bits per heavy atom. The van der Waals surface area contributed by atoms with Gasteiger partial charge in [0.25, 0.3) is 0 Å². The minimum absolute atomic E-state index is 0.0445. The predicted molar refractivity (Wildman–Crippen MR) is 83.3 cm³/mol. The van der Waals surface area contributed by atoms with E-state index in [0.29, 0.717) is 13.1 Å². The number of rotatable bonds is 8. The molecule has 0 saturated carbocycles. The zero-order valence-electron chi connectivity index (χ0n) is 13.3. The van der Waals surface area contributed by atoms with Crippen molar-refractivity contribution in [2.24, 2.45) is 0 Å². The Labute approximate surface area is 126 Å². The number of nitrogens with one attached hydrogen (secondary N) is 1. The lowest BCUT2D eigenvalue weighted by atomic mass is 10.1. The molecule has 118 valence electrons. The molecular weight excluding hydrogens is 268 g/mol. The number of methoxy groups -OCH3 is 1. The van der Waals surface area contributed by atoms with E-state index in [4.69, 9.17) is 4.74 Å². The Hall–Kier alpha value is -1.59. The van der Waals surface area contributed by atoms with Gasteiger partial charge in [-0.05, 0) is 38.1 Å². The Morgan fingerprint density at radius 3 is 2.43 bits per heavy atom. The summed E-state index contributed by atoms with van der Waals surface area (Å²) in [5.41, 5.74) is 0.224. The van der Waals surface area contributed by atoms with Crippen molar-refractivity contribution in [1.82, 2.24) is 10.2 Å². The quantitative estimate of drug-likeness (QED) is 0.761. The van der Waals surface area contributed by atoms with Crippen LogP contribution in [0.25, 0.3) is 0 Å². The summed E-state index contributed by atoms with van der Waals surface area (Å²) in [4.78, 5) is 13.9. The third-order valence-electron chi connectivity index (χ3n) is 3.07. The van der Waals surface area contributed by atoms with E-state index in [1.807, 2.05) is 36.1 Å². The molecule has 0 fully saturated rings. The van der Waals surface area contributed by atoms with E-state index in [9.17, 15) is 9.90 Å². The van der Waals surface area contributed by atoms with E-state index in [0.717, 1.165) is 17.9 Å². The average Bonchev–Trinajstić information content (AvgIpc) is 2.43. The molecule has 0 aliphatic rings. The van der Waals surface area contributed by atoms with Gasteiger partial charge < -0.3 is 15.2 Å². The van der Waals surface area contributed by atoms with Gasteiger partial charge in [0.2, 0.25) is 5.91 Å². The van der Waals surface area contributed by atoms with Crippen molar-refractivity contribution in [3.8, 4) is 5.75 Å². The summed E-state index contributed by atoms with van der Waals surface area (Å²) in [6, 6.07) is 7.59. The second-order valence-corrected chi connectivity index (χ2v) is 5.74. The predicted octanol–water partition coefficient (Wildman–Crippen LogP) is 1.40. The molecule has 0 aliphatic heterocycles. The van der Waals surface area contributed by atoms with Crippen molar-refractivity contribution in [3.63, 3.8) is 0 Å². The van der Waals surface area contributed by atoms with Gasteiger partial charge in [0.1, 0.15) is 5.75 Å². The Morgan fingerprint density at radius 2 is 1.95 bits per heavy atom. The third kappa shape index (κ3) is 7.11. The van der Waals surface area contributed by atoms with E-state index in [1.54, 1.807) is 21.0 Å². The summed E-state index contributed by atoms with van der Waals surface area (Å²) >= 11 is 0. The first-order chi connectivity index (χ1) is 9.84. The molecule has 0 spiro atoms. The van der Waals surface area contributed by atoms with Crippen molar-refractivity contribution >= 4 is 5.91 Å². The third-order valence-corrected chi connectivity index (χ3v) is 3.07. The number of ether oxygens (including phenoxy) is 1. The van der Waals surface area contributed by atoms with Gasteiger partial charge in [-0.2, -0.15) is 0 Å². The van der Waals surface area contributed by atoms with E-state index in [-0.39, 0.29) is 12.5 Å². The molecule has 0 aromatic heterocycles. The van der Waals surface area contributed by atoms with Crippen LogP contribution in [0.1, 0.15) is 26.3 Å². The fourth-order valence-electron chi connectivity index (χ4n) is 2.03. The summed E-state index contributed by atoms with van der Waals surface area (Å²) in [6.07, 6.45) is 0. The maximum atomic E-state index is 11.9. The molecule has 0 aliphatic carbocycles. The van der Waals surface area contributed by atoms with Crippen LogP contribution in [0.5, 0.6) is 5.75 Å². The van der Waals surface area contributed by atoms with E-state index < -0.39 is 5.60 Å². The molecule has 1 aromatic rings. The maximum Gasteiger partial charge on any atom is 0.234 e. The van der Waals surface area contributed by atoms with Crippen molar-refractivity contribution in [2.45, 2.75) is 32.9 Å². The first-order valence-corrected chi connectivity index (χ1v) is 7.18. The van der Waals surface area contributed by atoms with Crippen LogP contribution in [0.15, 0.2) is 24.3 Å². The van der Waals surface area contributed by atoms with Crippen molar-refractivity contribution in [1.29, 1.82) is 0 Å². The van der Waals surface area contributed by atoms with E-state index >= 15 is 0 Å². The number of hydrogen-bond donors (Lipinski definition) is 2. The maximum absolute atomic E-state index is 11.9. The monoisotopic (exact) mass is 294 g/mol. The molecule has 21 heavy (non-hydrogen) atoms. The van der Waals surface area contributed by atoms with Gasteiger partial charge in [-0.15, -0.1) is 0 Å². The van der Waals surface area contributed by atoms with Crippen LogP contribution in [0, 0.1) is 0 Å². The van der Waals surface area contributed by atoms with Crippen LogP contribution in [-0.4, -0.2) is 48.3 Å². The minimum Gasteiger partial charge on any atom is -0.497 e. The second kappa shape index (κ2) is 8.00. The topological polar surface area (TPSA) is 61.8 Å². The summed E-state index contributed by atoms with van der Waals surface area (Å²) in [6.45, 7) is 7.43. The van der Waals surface area contributed by atoms with Gasteiger partial charge in [-0.25, -0.2) is 0 Å². The van der Waals surface area contributed by atoms with Crippen LogP contribution in [-0.2, 0) is 11.3 Å². The molecule has 0 atom stereocenters. The number of hydrogen-bond acceptors (Lipinski definition) is 4. The lowest BCUT2D eigenvalue weighted by Crippen LogP contribution is -2.43. The van der Waals surface area contributed by atoms with Crippen LogP contribution in [0.2, 0.25) is 0 Å². The molecule has 2 N–H and O–H groups in total. The number of amides is 1. The SMILES string of the molecule is CCN(CC(=O)NCc1ccc(OC)cc1)CC(C)(C)O. The molecule has 1 rings (SSSR count). The van der Waals surface area contributed by atoms with Gasteiger partial charge in [0, 0.05) is 13.1 Å². The molecule has 0 bridgehead atoms. The van der Waals surface area contributed by atoms with Gasteiger partial charge in [0.15, 0.2) is 0 Å². The first-order valence-electron chi connectivity index (χ1n) is 7.18. The Balaban J connectivity index is 2.41. The minimum atomic E-state index is -0.799. The fourth-order valence-corrected chi connectivity index (χ4v) is 2.03. The summed E-state index contributed by atoms with van der Waals surface area (Å²) < 4.78 is 5.09. The van der Waals surface area contributed by atoms with Gasteiger partial charge in [-0.1, -0.05) is 19.1 Å². The molecule has 0 unspecified atom stereocenters. The highest BCUT2D eigenvalue weighted by molar-refractivity contribution is 5.78. The number of carbonyl (C=O) groups is 1. The zero-order chi connectivity index (χ0) is 15.9. The standard InChI is InChI=1S/C16H26N2O3/c1-5-18(12-16(2,3)20)11-15(19)17-10-13-6-8-14(21-4)9-7-13/h6-9,20H,5,10-12H2,1-4H3,(H,17,19). The van der Waals surface area contributed by atoms with E-state index in [1.165, 1.54) is 0 Å². The van der Waals surface area contributed by atoms with Crippen LogP contribution in [0.4, 0.5) is 0 Å². The van der Waals surface area contributed by atoms with Crippen LogP contribution < -0.4 is 10.1 Å². The molecule has 0 saturated heterocycles. The molecule has 1 aromatic carbocycles. The second-order valence-electron chi connectivity index (χ2n) is 5.74. The molecule has 0 radical (unpaired) electrons. The molecule has 5 heteroatoms. The largest absolute Gasteiger partial charge is 0.497 e. The van der Waals surface area contributed by atoms with Gasteiger partial charge in [0.05, 0.1) is 19.3 Å². The summed E-state index contributed by atoms with van der Waals surface area (Å²) in [5, 5.41) is 12.7. The normalized spacial score (nSPS) is 11.5. The number of aliphatic hydroxyl groups is 1. The molecule has 5 nitrogen and oxygen atoms in total. The molecular formula is C16H26N2O3. The summed E-state index contributed by atoms with van der Waals surface area (Å²) in [7, 11) is 1.62. The van der Waals surface area contributed by atoms with Crippen LogP contribution in [0.3, 0.4) is 0 Å². The number of likely N-dealkylation sites (N-methyl/N-ethyl adjacent to an activating group) is 1. The summed E-state index contributed by atoms with van der Waals surface area (Å²) in [5.74, 6) is 0.754. The van der Waals surface area contributed by atoms with Crippen LogP contribution >= 0.6 is 0 Å². The van der Waals surface area contributed by atoms with Gasteiger partial charge in [-0.3, -0.25) is 9.69 Å². The highest BCUT2D eigenvalue weighted by atomic mass is 16.5. The number of nitrogens with zero attached hydrogens (tertiary/aromatic N) is 1. The number of benzene rings is 1. The lowest BCUT2D eigenvalue weighted by Gasteiger charge is -2.27. The van der Waals surface area contributed by atoms with Gasteiger partial charge >= 0.3 is 0 Å². The Kier molecular flexibility index (Phi) is 6.65. The zero-order valence-corrected chi connectivity index (χ0v) is 13.3. The Bertz CT molecular complexity index is 438. The van der Waals surface area contributed by atoms with Crippen molar-refractivity contribution in [3.05, 3.63) is 29.8 Å². The van der Waals surface area contributed by atoms with Crippen molar-refractivity contribution in [2.75, 3.05) is 26.7 Å². The molecule has 1 amide bonds. The lowest BCUT2D eigenvalue weighted by molar-refractivity contribution is -0.123. The highest BCUT2D eigenvalue weighted by Crippen LogP contribution is 2.11. The average molecular weight is 294 g/mol. The fraction of sp³-hybridized carbons (Fsp3) is 0.562. The van der Waals surface area contributed by atoms with E-state index in [2.05, 4.69) is 5.32 Å². The smallest absolute Gasteiger partial charge is 0.234 e. The van der Waals surface area contributed by atoms with Crippen molar-refractivity contribution < 1.29 is 14.6 Å². The first kappa shape index (κ1) is 17.5. The number of carbonyl (C=O) groups excluding carboxylic acids is 1.